The Balaban J connectivity index is 2.29. The first-order chi connectivity index (χ1) is 9.75. The van der Waals surface area contributed by atoms with Crippen molar-refractivity contribution >= 4 is 21.8 Å². The molecule has 1 saturated carbocycles. The fraction of sp³-hybridized carbons (Fsp3) is 0.500. The second-order valence-electron chi connectivity index (χ2n) is 5.25. The van der Waals surface area contributed by atoms with E-state index in [2.05, 4.69) is 15.9 Å². The lowest BCUT2D eigenvalue weighted by molar-refractivity contribution is -0.137. The lowest BCUT2D eigenvalue weighted by atomic mass is 10.1. The molecule has 116 valence electrons. The molecule has 1 aliphatic carbocycles. The minimum absolute atomic E-state index is 0.00595. The minimum Gasteiger partial charge on any atom is -0.337 e. The number of hydrogen-bond donors (Lipinski definition) is 1. The molecule has 0 spiro atoms. The Labute approximate surface area is 129 Å². The number of carbonyl (C=O) groups excluding carboxylic acids is 1. The molecule has 0 heterocycles. The maximum Gasteiger partial charge on any atom is 0.416 e. The third kappa shape index (κ3) is 3.58. The van der Waals surface area contributed by atoms with Gasteiger partial charge in [-0.05, 0) is 52.9 Å². The molecule has 1 amide bonds. The number of benzene rings is 1. The van der Waals surface area contributed by atoms with Crippen molar-refractivity contribution in [1.82, 2.24) is 4.90 Å². The van der Waals surface area contributed by atoms with E-state index in [0.29, 0.717) is 16.9 Å². The van der Waals surface area contributed by atoms with Crippen LogP contribution in [0.5, 0.6) is 0 Å². The molecule has 0 radical (unpaired) electrons. The number of carbonyl (C=O) groups is 1. The van der Waals surface area contributed by atoms with Crippen LogP contribution >= 0.6 is 15.9 Å². The number of rotatable bonds is 4. The largest absolute Gasteiger partial charge is 0.416 e. The predicted octanol–water partition coefficient (Wildman–Crippen LogP) is 3.28. The van der Waals surface area contributed by atoms with Gasteiger partial charge < -0.3 is 10.6 Å². The third-order valence-corrected chi connectivity index (χ3v) is 4.44. The summed E-state index contributed by atoms with van der Waals surface area (Å²) >= 11 is 3.14. The highest BCUT2D eigenvalue weighted by molar-refractivity contribution is 9.10. The molecule has 0 bridgehead atoms. The smallest absolute Gasteiger partial charge is 0.337 e. The van der Waals surface area contributed by atoms with Gasteiger partial charge in [-0.2, -0.15) is 13.2 Å². The van der Waals surface area contributed by atoms with Gasteiger partial charge in [-0.15, -0.1) is 0 Å². The Morgan fingerprint density at radius 3 is 2.57 bits per heavy atom. The van der Waals surface area contributed by atoms with E-state index in [4.69, 9.17) is 5.73 Å². The Kier molecular flexibility index (Phi) is 4.63. The van der Waals surface area contributed by atoms with E-state index in [-0.39, 0.29) is 11.6 Å². The number of amides is 1. The molecule has 1 atom stereocenters. The number of nitrogens with two attached hydrogens (primary N) is 1. The van der Waals surface area contributed by atoms with Crippen LogP contribution in [0, 0.1) is 5.92 Å². The molecular formula is C14H16BrF3N2O. The van der Waals surface area contributed by atoms with E-state index >= 15 is 0 Å². The van der Waals surface area contributed by atoms with Crippen molar-refractivity contribution in [2.75, 3.05) is 13.6 Å². The van der Waals surface area contributed by atoms with Crippen LogP contribution in [0.2, 0.25) is 0 Å². The number of hydrogen-bond acceptors (Lipinski definition) is 2. The predicted molar refractivity (Wildman–Crippen MR) is 76.8 cm³/mol. The van der Waals surface area contributed by atoms with E-state index < -0.39 is 17.6 Å². The van der Waals surface area contributed by atoms with Crippen LogP contribution < -0.4 is 5.73 Å². The molecule has 1 aromatic carbocycles. The molecule has 21 heavy (non-hydrogen) atoms. The van der Waals surface area contributed by atoms with Gasteiger partial charge >= 0.3 is 6.18 Å². The first-order valence-electron chi connectivity index (χ1n) is 6.59. The van der Waals surface area contributed by atoms with Gasteiger partial charge in [0.25, 0.3) is 5.91 Å². The lowest BCUT2D eigenvalue weighted by Crippen LogP contribution is -2.43. The van der Waals surface area contributed by atoms with Crippen molar-refractivity contribution in [3.05, 3.63) is 33.8 Å². The fourth-order valence-electron chi connectivity index (χ4n) is 2.35. The number of alkyl halides is 3. The number of likely N-dealkylation sites (N-methyl/N-ethyl adjacent to an activating group) is 1. The van der Waals surface area contributed by atoms with Crippen LogP contribution in [0.25, 0.3) is 0 Å². The lowest BCUT2D eigenvalue weighted by Gasteiger charge is -2.27. The van der Waals surface area contributed by atoms with E-state index in [9.17, 15) is 18.0 Å². The Morgan fingerprint density at radius 2 is 2.10 bits per heavy atom. The molecule has 7 heteroatoms. The normalized spacial score (nSPS) is 16.7. The molecule has 0 aromatic heterocycles. The zero-order valence-corrected chi connectivity index (χ0v) is 13.0. The fourth-order valence-corrected chi connectivity index (χ4v) is 2.77. The van der Waals surface area contributed by atoms with Crippen molar-refractivity contribution < 1.29 is 18.0 Å². The van der Waals surface area contributed by atoms with Gasteiger partial charge in [0.15, 0.2) is 0 Å². The van der Waals surface area contributed by atoms with E-state index in [1.54, 1.807) is 7.05 Å². The van der Waals surface area contributed by atoms with Crippen LogP contribution in [0.15, 0.2) is 22.7 Å². The van der Waals surface area contributed by atoms with Crippen molar-refractivity contribution in [3.63, 3.8) is 0 Å². The van der Waals surface area contributed by atoms with Gasteiger partial charge in [0.05, 0.1) is 11.1 Å². The van der Waals surface area contributed by atoms with Gasteiger partial charge in [0.2, 0.25) is 0 Å². The Morgan fingerprint density at radius 1 is 1.48 bits per heavy atom. The van der Waals surface area contributed by atoms with Crippen LogP contribution in [0.4, 0.5) is 13.2 Å². The molecule has 2 N–H and O–H groups in total. The van der Waals surface area contributed by atoms with Crippen molar-refractivity contribution in [2.24, 2.45) is 11.7 Å². The van der Waals surface area contributed by atoms with E-state index in [0.717, 1.165) is 25.0 Å². The first-order valence-corrected chi connectivity index (χ1v) is 7.39. The van der Waals surface area contributed by atoms with Crippen molar-refractivity contribution in [2.45, 2.75) is 25.1 Å². The summed E-state index contributed by atoms with van der Waals surface area (Å²) in [6.07, 6.45) is -2.47. The maximum absolute atomic E-state index is 12.8. The SMILES string of the molecule is CN(C(=O)c1cc(C(F)(F)F)ccc1Br)C(CN)C1CC1. The second-order valence-corrected chi connectivity index (χ2v) is 6.10. The molecule has 0 saturated heterocycles. The highest BCUT2D eigenvalue weighted by Crippen LogP contribution is 2.36. The quantitative estimate of drug-likeness (QED) is 0.890. The topological polar surface area (TPSA) is 46.3 Å². The van der Waals surface area contributed by atoms with Gasteiger partial charge in [-0.3, -0.25) is 4.79 Å². The molecule has 1 aliphatic rings. The summed E-state index contributed by atoms with van der Waals surface area (Å²) in [5.74, 6) is -0.0937. The van der Waals surface area contributed by atoms with E-state index in [1.807, 2.05) is 0 Å². The molecule has 2 rings (SSSR count). The molecule has 1 aromatic rings. The Bertz CT molecular complexity index is 544. The average Bonchev–Trinajstić information content (AvgIpc) is 3.22. The van der Waals surface area contributed by atoms with Gasteiger partial charge in [-0.1, -0.05) is 0 Å². The molecule has 0 aliphatic heterocycles. The minimum atomic E-state index is -4.47. The van der Waals surface area contributed by atoms with Gasteiger partial charge in [0.1, 0.15) is 0 Å². The van der Waals surface area contributed by atoms with Crippen LogP contribution in [0.3, 0.4) is 0 Å². The number of halogens is 4. The van der Waals surface area contributed by atoms with Crippen LogP contribution in [0.1, 0.15) is 28.8 Å². The molecule has 1 unspecified atom stereocenters. The van der Waals surface area contributed by atoms with Gasteiger partial charge in [0, 0.05) is 24.1 Å². The summed E-state index contributed by atoms with van der Waals surface area (Å²) in [5, 5.41) is 0. The standard InChI is InChI=1S/C14H16BrF3N2O/c1-20(12(7-19)8-2-3-8)13(21)10-6-9(14(16,17)18)4-5-11(10)15/h4-6,8,12H,2-3,7,19H2,1H3. The van der Waals surface area contributed by atoms with E-state index in [1.165, 1.54) is 11.0 Å². The summed E-state index contributed by atoms with van der Waals surface area (Å²) in [7, 11) is 1.59. The summed E-state index contributed by atoms with van der Waals surface area (Å²) < 4.78 is 38.6. The molecule has 3 nitrogen and oxygen atoms in total. The first kappa shape index (κ1) is 16.3. The maximum atomic E-state index is 12.8. The number of nitrogens with zero attached hydrogens (tertiary/aromatic N) is 1. The summed E-state index contributed by atoms with van der Waals surface area (Å²) in [6.45, 7) is 0.309. The molecular weight excluding hydrogens is 349 g/mol. The Hall–Kier alpha value is -1.08. The van der Waals surface area contributed by atoms with Gasteiger partial charge in [-0.25, -0.2) is 0 Å². The zero-order chi connectivity index (χ0) is 15.8. The van der Waals surface area contributed by atoms with Crippen molar-refractivity contribution in [1.29, 1.82) is 0 Å². The van der Waals surface area contributed by atoms with Crippen molar-refractivity contribution in [3.8, 4) is 0 Å². The zero-order valence-electron chi connectivity index (χ0n) is 11.5. The molecule has 1 fully saturated rings. The summed E-state index contributed by atoms with van der Waals surface area (Å²) in [4.78, 5) is 13.9. The summed E-state index contributed by atoms with van der Waals surface area (Å²) in [5.41, 5.74) is 4.85. The second kappa shape index (κ2) is 5.96. The highest BCUT2D eigenvalue weighted by atomic mass is 79.9. The average molecular weight is 365 g/mol. The van der Waals surface area contributed by atoms with Crippen LogP contribution in [-0.4, -0.2) is 30.4 Å². The monoisotopic (exact) mass is 364 g/mol. The highest BCUT2D eigenvalue weighted by Gasteiger charge is 2.36. The third-order valence-electron chi connectivity index (χ3n) is 3.75. The van der Waals surface area contributed by atoms with Crippen LogP contribution in [-0.2, 0) is 6.18 Å². The summed E-state index contributed by atoms with van der Waals surface area (Å²) in [6, 6.07) is 2.95.